The molecule has 1 unspecified atom stereocenters. The first-order valence-corrected chi connectivity index (χ1v) is 11.2. The van der Waals surface area contributed by atoms with Crippen molar-refractivity contribution >= 4 is 17.6 Å². The molecule has 1 aliphatic heterocycles. The maximum Gasteiger partial charge on any atom is 0.254 e. The molecule has 0 bridgehead atoms. The maximum atomic E-state index is 12.8. The highest BCUT2D eigenvalue weighted by Gasteiger charge is 2.32. The molecule has 1 saturated heterocycles. The van der Waals surface area contributed by atoms with E-state index in [-0.39, 0.29) is 0 Å². The molecule has 2 aromatic carbocycles. The number of likely N-dealkylation sites (N-methyl/N-ethyl adjacent to an activating group) is 2. The Morgan fingerprint density at radius 2 is 1.65 bits per heavy atom. The fourth-order valence-electron chi connectivity index (χ4n) is 3.75. The number of aliphatic hydroxyl groups is 1. The van der Waals surface area contributed by atoms with Crippen LogP contribution < -0.4 is 10.1 Å². The zero-order chi connectivity index (χ0) is 24.5. The summed E-state index contributed by atoms with van der Waals surface area (Å²) in [5.41, 5.74) is 2.20. The van der Waals surface area contributed by atoms with Crippen LogP contribution >= 0.6 is 0 Å². The molecule has 2 amide bonds. The van der Waals surface area contributed by atoms with Crippen molar-refractivity contribution in [2.24, 2.45) is 0 Å². The van der Waals surface area contributed by atoms with Gasteiger partial charge >= 0.3 is 0 Å². The molecule has 2 N–H and O–H groups in total. The zero-order valence-electron chi connectivity index (χ0n) is 19.5. The monoisotopic (exact) mass is 469 g/mol. The standard InChI is InChI=1S/C25H31N3O6/c1-26-24(31)23(22(30)17-29)27(2)25(32)20-5-3-18(4-6-20)19-7-9-21(10-8-19)34-16-13-28-11-14-33-15-12-28/h3-10,23,29H,11-17H2,1-2H3,(H,26,31). The van der Waals surface area contributed by atoms with E-state index in [0.29, 0.717) is 12.2 Å². The van der Waals surface area contributed by atoms with Gasteiger partial charge in [0, 0.05) is 39.3 Å². The first kappa shape index (κ1) is 25.4. The van der Waals surface area contributed by atoms with E-state index in [4.69, 9.17) is 14.6 Å². The smallest absolute Gasteiger partial charge is 0.254 e. The number of carbonyl (C=O) groups is 3. The molecule has 0 aromatic heterocycles. The molecule has 0 saturated carbocycles. The van der Waals surface area contributed by atoms with Gasteiger partial charge in [-0.3, -0.25) is 19.3 Å². The number of nitrogens with zero attached hydrogens (tertiary/aromatic N) is 2. The van der Waals surface area contributed by atoms with Gasteiger partial charge in [0.2, 0.25) is 5.91 Å². The second kappa shape index (κ2) is 12.3. The molecule has 0 spiro atoms. The summed E-state index contributed by atoms with van der Waals surface area (Å²) in [7, 11) is 2.73. The number of hydrogen-bond donors (Lipinski definition) is 2. The highest BCUT2D eigenvalue weighted by Crippen LogP contribution is 2.23. The number of ether oxygens (including phenoxy) is 2. The van der Waals surface area contributed by atoms with E-state index in [1.807, 2.05) is 24.3 Å². The van der Waals surface area contributed by atoms with E-state index in [0.717, 1.165) is 54.6 Å². The number of aliphatic hydroxyl groups excluding tert-OH is 1. The van der Waals surface area contributed by atoms with E-state index in [1.165, 1.54) is 14.1 Å². The molecule has 9 nitrogen and oxygen atoms in total. The van der Waals surface area contributed by atoms with E-state index in [1.54, 1.807) is 24.3 Å². The third-order valence-corrected chi connectivity index (χ3v) is 5.76. The molecule has 34 heavy (non-hydrogen) atoms. The van der Waals surface area contributed by atoms with Crippen LogP contribution in [0.5, 0.6) is 5.75 Å². The van der Waals surface area contributed by atoms with Gasteiger partial charge in [0.15, 0.2) is 11.8 Å². The van der Waals surface area contributed by atoms with Crippen molar-refractivity contribution in [3.8, 4) is 16.9 Å². The number of Topliss-reactive ketones (excluding diaryl/α,β-unsaturated/α-hetero) is 1. The molecule has 2 aromatic rings. The van der Waals surface area contributed by atoms with Gasteiger partial charge in [0.25, 0.3) is 5.91 Å². The summed E-state index contributed by atoms with van der Waals surface area (Å²) in [6.07, 6.45) is 0. The first-order chi connectivity index (χ1) is 16.4. The minimum Gasteiger partial charge on any atom is -0.492 e. The van der Waals surface area contributed by atoms with Gasteiger partial charge in [-0.15, -0.1) is 0 Å². The highest BCUT2D eigenvalue weighted by molar-refractivity contribution is 6.10. The van der Waals surface area contributed by atoms with Crippen LogP contribution in [0.15, 0.2) is 48.5 Å². The van der Waals surface area contributed by atoms with Gasteiger partial charge in [0.05, 0.1) is 13.2 Å². The Labute approximate surface area is 199 Å². The van der Waals surface area contributed by atoms with Crippen LogP contribution in [0.25, 0.3) is 11.1 Å². The molecule has 0 radical (unpaired) electrons. The van der Waals surface area contributed by atoms with Crippen molar-refractivity contribution in [3.63, 3.8) is 0 Å². The van der Waals surface area contributed by atoms with Gasteiger partial charge in [0.1, 0.15) is 19.0 Å². The Hall–Kier alpha value is -3.27. The molecule has 1 fully saturated rings. The van der Waals surface area contributed by atoms with Crippen LogP contribution in [0, 0.1) is 0 Å². The lowest BCUT2D eigenvalue weighted by Gasteiger charge is -2.26. The minimum atomic E-state index is -1.39. The topological polar surface area (TPSA) is 108 Å². The van der Waals surface area contributed by atoms with E-state index in [9.17, 15) is 14.4 Å². The second-order valence-electron chi connectivity index (χ2n) is 7.96. The molecule has 1 atom stereocenters. The summed E-state index contributed by atoms with van der Waals surface area (Å²) in [4.78, 5) is 40.2. The van der Waals surface area contributed by atoms with Gasteiger partial charge < -0.3 is 24.8 Å². The van der Waals surface area contributed by atoms with Gasteiger partial charge in [-0.25, -0.2) is 0 Å². The predicted octanol–water partition coefficient (Wildman–Crippen LogP) is 0.813. The molecule has 0 aliphatic carbocycles. The summed E-state index contributed by atoms with van der Waals surface area (Å²) in [5, 5.41) is 11.5. The number of nitrogens with one attached hydrogen (secondary N) is 1. The average molecular weight is 470 g/mol. The van der Waals surface area contributed by atoms with Crippen molar-refractivity contribution in [2.75, 3.05) is 60.2 Å². The molecule has 182 valence electrons. The number of carbonyl (C=O) groups excluding carboxylic acids is 3. The Morgan fingerprint density at radius 1 is 1.06 bits per heavy atom. The lowest BCUT2D eigenvalue weighted by molar-refractivity contribution is -0.135. The SMILES string of the molecule is CNC(=O)C(C(=O)CO)N(C)C(=O)c1ccc(-c2ccc(OCCN3CCOCC3)cc2)cc1. The van der Waals surface area contributed by atoms with Gasteiger partial charge in [-0.1, -0.05) is 24.3 Å². The van der Waals surface area contributed by atoms with E-state index in [2.05, 4.69) is 10.2 Å². The lowest BCUT2D eigenvalue weighted by atomic mass is 10.0. The number of hydrogen-bond acceptors (Lipinski definition) is 7. The summed E-state index contributed by atoms with van der Waals surface area (Å²) < 4.78 is 11.2. The Bertz CT molecular complexity index is 955. The second-order valence-corrected chi connectivity index (χ2v) is 7.96. The minimum absolute atomic E-state index is 0.328. The lowest BCUT2D eigenvalue weighted by Crippen LogP contribution is -2.52. The van der Waals surface area contributed by atoms with Crippen LogP contribution in [0.3, 0.4) is 0 Å². The van der Waals surface area contributed by atoms with Crippen LogP contribution in [-0.2, 0) is 14.3 Å². The molecular formula is C25H31N3O6. The fraction of sp³-hybridized carbons (Fsp3) is 0.400. The number of rotatable bonds is 10. The van der Waals surface area contributed by atoms with Gasteiger partial charge in [-0.05, 0) is 35.4 Å². The van der Waals surface area contributed by atoms with Crippen LogP contribution in [0.2, 0.25) is 0 Å². The molecule has 9 heteroatoms. The third kappa shape index (κ3) is 6.40. The van der Waals surface area contributed by atoms with Crippen LogP contribution in [-0.4, -0.2) is 98.7 Å². The third-order valence-electron chi connectivity index (χ3n) is 5.76. The quantitative estimate of drug-likeness (QED) is 0.496. The van der Waals surface area contributed by atoms with Gasteiger partial charge in [-0.2, -0.15) is 0 Å². The number of benzene rings is 2. The van der Waals surface area contributed by atoms with E-state index < -0.39 is 30.2 Å². The van der Waals surface area contributed by atoms with Crippen molar-refractivity contribution < 1.29 is 29.0 Å². The normalized spacial score (nSPS) is 14.8. The fourth-order valence-corrected chi connectivity index (χ4v) is 3.75. The number of morpholine rings is 1. The molecule has 1 heterocycles. The number of amides is 2. The van der Waals surface area contributed by atoms with Crippen molar-refractivity contribution in [1.82, 2.24) is 15.1 Å². The summed E-state index contributed by atoms with van der Waals surface area (Å²) in [5.74, 6) is -1.11. The average Bonchev–Trinajstić information content (AvgIpc) is 2.89. The largest absolute Gasteiger partial charge is 0.492 e. The molecule has 1 aliphatic rings. The molecular weight excluding hydrogens is 438 g/mol. The maximum absolute atomic E-state index is 12.8. The first-order valence-electron chi connectivity index (χ1n) is 11.2. The van der Waals surface area contributed by atoms with Crippen molar-refractivity contribution in [1.29, 1.82) is 0 Å². The predicted molar refractivity (Wildman–Crippen MR) is 127 cm³/mol. The number of ketones is 1. The summed E-state index contributed by atoms with van der Waals surface area (Å²) in [6.45, 7) is 4.04. The highest BCUT2D eigenvalue weighted by atomic mass is 16.5. The zero-order valence-corrected chi connectivity index (χ0v) is 19.5. The van der Waals surface area contributed by atoms with Crippen LogP contribution in [0.4, 0.5) is 0 Å². The van der Waals surface area contributed by atoms with Crippen molar-refractivity contribution in [3.05, 3.63) is 54.1 Å². The Morgan fingerprint density at radius 3 is 2.21 bits per heavy atom. The van der Waals surface area contributed by atoms with Crippen LogP contribution in [0.1, 0.15) is 10.4 Å². The van der Waals surface area contributed by atoms with E-state index >= 15 is 0 Å². The Balaban J connectivity index is 1.60. The summed E-state index contributed by atoms with van der Waals surface area (Å²) >= 11 is 0. The Kier molecular flexibility index (Phi) is 9.15. The van der Waals surface area contributed by atoms with Crippen molar-refractivity contribution in [2.45, 2.75) is 6.04 Å². The summed E-state index contributed by atoms with van der Waals surface area (Å²) in [6, 6.07) is 13.2. The molecule has 3 rings (SSSR count).